The number of rotatable bonds is 5. The van der Waals surface area contributed by atoms with Gasteiger partial charge in [-0.2, -0.15) is 0 Å². The molecule has 1 atom stereocenters. The summed E-state index contributed by atoms with van der Waals surface area (Å²) in [5.41, 5.74) is 2.51. The molecule has 2 aromatic rings. The molecule has 4 nitrogen and oxygen atoms in total. The van der Waals surface area contributed by atoms with Crippen molar-refractivity contribution in [1.82, 2.24) is 9.88 Å². The van der Waals surface area contributed by atoms with Gasteiger partial charge in [0.1, 0.15) is 0 Å². The summed E-state index contributed by atoms with van der Waals surface area (Å²) in [5, 5.41) is 14.4. The summed E-state index contributed by atoms with van der Waals surface area (Å²) in [6, 6.07) is 8.78. The van der Waals surface area contributed by atoms with Crippen LogP contribution in [0.5, 0.6) is 0 Å². The highest BCUT2D eigenvalue weighted by molar-refractivity contribution is 7.11. The quantitative estimate of drug-likeness (QED) is 0.879. The maximum Gasteiger partial charge on any atom is 0.0897 e. The highest BCUT2D eigenvalue weighted by atomic mass is 32.1. The van der Waals surface area contributed by atoms with E-state index in [9.17, 15) is 5.11 Å². The fourth-order valence-corrected chi connectivity index (χ4v) is 3.79. The Kier molecular flexibility index (Phi) is 5.30. The van der Waals surface area contributed by atoms with Crippen molar-refractivity contribution in [2.45, 2.75) is 45.4 Å². The first-order valence-corrected chi connectivity index (χ1v) is 9.10. The first kappa shape index (κ1) is 16.4. The van der Waals surface area contributed by atoms with Crippen molar-refractivity contribution in [1.29, 1.82) is 0 Å². The van der Waals surface area contributed by atoms with Gasteiger partial charge in [0, 0.05) is 36.4 Å². The van der Waals surface area contributed by atoms with E-state index >= 15 is 0 Å². The van der Waals surface area contributed by atoms with Crippen LogP contribution in [0.15, 0.2) is 30.5 Å². The molecule has 0 spiro atoms. The zero-order valence-electron chi connectivity index (χ0n) is 13.8. The Bertz CT molecular complexity index is 635. The lowest BCUT2D eigenvalue weighted by molar-refractivity contribution is 0.0793. The average molecular weight is 331 g/mol. The summed E-state index contributed by atoms with van der Waals surface area (Å²) in [4.78, 5) is 8.04. The number of thiazole rings is 1. The highest BCUT2D eigenvalue weighted by Crippen LogP contribution is 2.27. The number of benzene rings is 1. The van der Waals surface area contributed by atoms with Gasteiger partial charge in [0.15, 0.2) is 0 Å². The lowest BCUT2D eigenvalue weighted by Crippen LogP contribution is -2.35. The molecule has 124 valence electrons. The van der Waals surface area contributed by atoms with Gasteiger partial charge in [0.05, 0.1) is 17.2 Å². The molecule has 0 bridgehead atoms. The predicted molar refractivity (Wildman–Crippen MR) is 95.8 cm³/mol. The molecule has 0 saturated carbocycles. The van der Waals surface area contributed by atoms with Crippen LogP contribution in [0.2, 0.25) is 0 Å². The standard InChI is InChI=1S/C18H25N3OS/c1-13(18-11-19-14(2)23-18)20-17-6-4-3-5-15(17)12-21-9-7-16(22)8-10-21/h3-6,11,13,16,20,22H,7-10,12H2,1-2H3. The van der Waals surface area contributed by atoms with Gasteiger partial charge in [-0.25, -0.2) is 4.98 Å². The molecule has 1 fully saturated rings. The van der Waals surface area contributed by atoms with Crippen LogP contribution in [0, 0.1) is 6.92 Å². The van der Waals surface area contributed by atoms with Crippen LogP contribution in [0.4, 0.5) is 5.69 Å². The Morgan fingerprint density at radius 1 is 1.35 bits per heavy atom. The minimum atomic E-state index is -0.116. The topological polar surface area (TPSA) is 48.4 Å². The summed E-state index contributed by atoms with van der Waals surface area (Å²) >= 11 is 1.75. The Morgan fingerprint density at radius 2 is 2.09 bits per heavy atom. The lowest BCUT2D eigenvalue weighted by atomic mass is 10.1. The van der Waals surface area contributed by atoms with Crippen LogP contribution in [-0.4, -0.2) is 34.2 Å². The largest absolute Gasteiger partial charge is 0.393 e. The highest BCUT2D eigenvalue weighted by Gasteiger charge is 2.18. The fraction of sp³-hybridized carbons (Fsp3) is 0.500. The second-order valence-corrected chi connectivity index (χ2v) is 7.58. The molecule has 0 amide bonds. The van der Waals surface area contributed by atoms with E-state index in [2.05, 4.69) is 46.4 Å². The minimum absolute atomic E-state index is 0.116. The molecule has 1 aliphatic rings. The van der Waals surface area contributed by atoms with Crippen LogP contribution in [0.3, 0.4) is 0 Å². The van der Waals surface area contributed by atoms with Crippen molar-refractivity contribution in [2.75, 3.05) is 18.4 Å². The molecule has 1 saturated heterocycles. The van der Waals surface area contributed by atoms with Crippen molar-refractivity contribution >= 4 is 17.0 Å². The zero-order chi connectivity index (χ0) is 16.2. The van der Waals surface area contributed by atoms with Crippen molar-refractivity contribution in [2.24, 2.45) is 0 Å². The average Bonchev–Trinajstić information content (AvgIpc) is 2.98. The molecule has 0 radical (unpaired) electrons. The predicted octanol–water partition coefficient (Wildman–Crippen LogP) is 3.58. The van der Waals surface area contributed by atoms with Crippen LogP contribution in [0.1, 0.15) is 41.3 Å². The van der Waals surface area contributed by atoms with Gasteiger partial charge >= 0.3 is 0 Å². The van der Waals surface area contributed by atoms with E-state index in [-0.39, 0.29) is 12.1 Å². The van der Waals surface area contributed by atoms with Crippen LogP contribution < -0.4 is 5.32 Å². The normalized spacial score (nSPS) is 18.0. The molecule has 2 N–H and O–H groups in total. The summed E-state index contributed by atoms with van der Waals surface area (Å²) < 4.78 is 0. The Balaban J connectivity index is 1.68. The van der Waals surface area contributed by atoms with Crippen LogP contribution in [0.25, 0.3) is 0 Å². The van der Waals surface area contributed by atoms with E-state index in [1.165, 1.54) is 16.1 Å². The monoisotopic (exact) mass is 331 g/mol. The lowest BCUT2D eigenvalue weighted by Gasteiger charge is -2.30. The van der Waals surface area contributed by atoms with Gasteiger partial charge in [-0.15, -0.1) is 11.3 Å². The van der Waals surface area contributed by atoms with Gasteiger partial charge in [-0.05, 0) is 38.3 Å². The number of piperidine rings is 1. The Morgan fingerprint density at radius 3 is 2.78 bits per heavy atom. The third-order valence-corrected chi connectivity index (χ3v) is 5.50. The molecule has 2 heterocycles. The van der Waals surface area contributed by atoms with E-state index in [1.54, 1.807) is 11.3 Å². The van der Waals surface area contributed by atoms with E-state index in [0.29, 0.717) is 0 Å². The molecule has 23 heavy (non-hydrogen) atoms. The number of hydrogen-bond acceptors (Lipinski definition) is 5. The molecule has 1 unspecified atom stereocenters. The van der Waals surface area contributed by atoms with Gasteiger partial charge in [-0.1, -0.05) is 18.2 Å². The second-order valence-electron chi connectivity index (χ2n) is 6.31. The van der Waals surface area contributed by atoms with Gasteiger partial charge < -0.3 is 10.4 Å². The number of aromatic nitrogens is 1. The van der Waals surface area contributed by atoms with Gasteiger partial charge in [-0.3, -0.25) is 4.90 Å². The van der Waals surface area contributed by atoms with E-state index in [1.807, 2.05) is 13.1 Å². The maximum atomic E-state index is 9.65. The molecular formula is C18H25N3OS. The number of nitrogens with one attached hydrogen (secondary N) is 1. The van der Waals surface area contributed by atoms with E-state index in [4.69, 9.17) is 0 Å². The van der Waals surface area contributed by atoms with Crippen LogP contribution in [-0.2, 0) is 6.54 Å². The molecular weight excluding hydrogens is 306 g/mol. The summed E-state index contributed by atoms with van der Waals surface area (Å²) in [7, 11) is 0. The van der Waals surface area contributed by atoms with Gasteiger partial charge in [0.25, 0.3) is 0 Å². The number of likely N-dealkylation sites (tertiary alicyclic amines) is 1. The van der Waals surface area contributed by atoms with Crippen molar-refractivity contribution < 1.29 is 5.11 Å². The number of aryl methyl sites for hydroxylation is 1. The van der Waals surface area contributed by atoms with E-state index in [0.717, 1.165) is 37.5 Å². The summed E-state index contributed by atoms with van der Waals surface area (Å²) in [6.45, 7) is 7.10. The van der Waals surface area contributed by atoms with Gasteiger partial charge in [0.2, 0.25) is 0 Å². The first-order valence-electron chi connectivity index (χ1n) is 8.29. The number of para-hydroxylation sites is 1. The summed E-state index contributed by atoms with van der Waals surface area (Å²) in [5.74, 6) is 0. The number of anilines is 1. The van der Waals surface area contributed by atoms with E-state index < -0.39 is 0 Å². The molecule has 0 aliphatic carbocycles. The van der Waals surface area contributed by atoms with Crippen LogP contribution >= 0.6 is 11.3 Å². The Labute approximate surface area is 142 Å². The number of aliphatic hydroxyl groups excluding tert-OH is 1. The second kappa shape index (κ2) is 7.43. The van der Waals surface area contributed by atoms with Crippen molar-refractivity contribution in [3.8, 4) is 0 Å². The molecule has 5 heteroatoms. The molecule has 1 aliphatic heterocycles. The number of nitrogens with zero attached hydrogens (tertiary/aromatic N) is 2. The third kappa shape index (κ3) is 4.31. The number of aliphatic hydroxyl groups is 1. The van der Waals surface area contributed by atoms with Crippen molar-refractivity contribution in [3.05, 3.63) is 45.9 Å². The number of hydrogen-bond donors (Lipinski definition) is 2. The maximum absolute atomic E-state index is 9.65. The first-order chi connectivity index (χ1) is 11.1. The smallest absolute Gasteiger partial charge is 0.0897 e. The zero-order valence-corrected chi connectivity index (χ0v) is 14.6. The third-order valence-electron chi connectivity index (χ3n) is 4.41. The Hall–Kier alpha value is -1.43. The van der Waals surface area contributed by atoms with Crippen molar-refractivity contribution in [3.63, 3.8) is 0 Å². The SMILES string of the molecule is Cc1ncc(C(C)Nc2ccccc2CN2CCC(O)CC2)s1. The summed E-state index contributed by atoms with van der Waals surface area (Å²) in [6.07, 6.45) is 3.61. The minimum Gasteiger partial charge on any atom is -0.393 e. The fourth-order valence-electron chi connectivity index (χ4n) is 3.00. The molecule has 1 aromatic carbocycles. The molecule has 3 rings (SSSR count). The molecule has 1 aromatic heterocycles.